The van der Waals surface area contributed by atoms with E-state index in [1.54, 1.807) is 27.7 Å². The predicted octanol–water partition coefficient (Wildman–Crippen LogP) is 6.57. The van der Waals surface area contributed by atoms with Crippen molar-refractivity contribution in [2.75, 3.05) is 0 Å². The third-order valence-corrected chi connectivity index (χ3v) is 6.53. The van der Waals surface area contributed by atoms with Crippen LogP contribution in [-0.2, 0) is 16.0 Å². The van der Waals surface area contributed by atoms with E-state index in [1.807, 2.05) is 24.3 Å². The molecule has 0 unspecified atom stereocenters. The van der Waals surface area contributed by atoms with Crippen LogP contribution in [0, 0.1) is 11.5 Å². The maximum absolute atomic E-state index is 13.3. The van der Waals surface area contributed by atoms with E-state index in [1.165, 1.54) is 0 Å². The number of carbonyl (C=O) groups excluding carboxylic acids is 1. The smallest absolute Gasteiger partial charge is 0.198 e. The highest BCUT2D eigenvalue weighted by atomic mass is 28.3. The molecule has 0 saturated carbocycles. The Hall–Kier alpha value is -2.61. The Kier molecular flexibility index (Phi) is 6.30. The number of carbonyl (C=O) groups is 1. The van der Waals surface area contributed by atoms with E-state index in [0.717, 1.165) is 34.2 Å². The average Bonchev–Trinajstić information content (AvgIpc) is 2.70. The van der Waals surface area contributed by atoms with Crippen molar-refractivity contribution >= 4 is 19.4 Å². The second-order valence-electron chi connectivity index (χ2n) is 10.5. The van der Waals surface area contributed by atoms with E-state index < -0.39 is 19.3 Å². The monoisotopic (exact) mass is 446 g/mol. The molecular weight excluding hydrogens is 412 g/mol. The number of aryl methyl sites for hydroxylation is 1. The second-order valence-corrected chi connectivity index (χ2v) is 15.2. The number of ketones is 1. The third-order valence-electron chi connectivity index (χ3n) is 5.65. The molecule has 1 aliphatic heterocycles. The van der Waals surface area contributed by atoms with E-state index >= 15 is 0 Å². The van der Waals surface area contributed by atoms with Gasteiger partial charge in [0.1, 0.15) is 25.0 Å². The van der Waals surface area contributed by atoms with Gasteiger partial charge >= 0.3 is 0 Å². The van der Waals surface area contributed by atoms with E-state index in [-0.39, 0.29) is 11.5 Å². The Morgan fingerprint density at radius 2 is 1.53 bits per heavy atom. The normalized spacial score (nSPS) is 17.7. The minimum Gasteiger partial charge on any atom is -0.508 e. The Morgan fingerprint density at radius 1 is 0.938 bits per heavy atom. The summed E-state index contributed by atoms with van der Waals surface area (Å²) in [6.45, 7) is 15.9. The molecule has 168 valence electrons. The van der Waals surface area contributed by atoms with Crippen LogP contribution in [0.3, 0.4) is 0 Å². The quantitative estimate of drug-likeness (QED) is 0.428. The van der Waals surface area contributed by atoms with E-state index in [4.69, 9.17) is 4.74 Å². The number of Topliss-reactive ketones (excluding diaryl/α,β-unsaturated/α-hetero) is 1. The number of aliphatic hydroxyl groups is 1. The summed E-state index contributed by atoms with van der Waals surface area (Å²) in [5, 5.41) is 11.0. The Bertz CT molecular complexity index is 1130. The van der Waals surface area contributed by atoms with Gasteiger partial charge in [0, 0.05) is 5.56 Å². The number of ether oxygens (including phenoxy) is 1. The molecule has 0 aromatic heterocycles. The van der Waals surface area contributed by atoms with E-state index in [2.05, 4.69) is 56.2 Å². The van der Waals surface area contributed by atoms with Crippen molar-refractivity contribution in [2.24, 2.45) is 0 Å². The van der Waals surface area contributed by atoms with Crippen molar-refractivity contribution in [3.05, 3.63) is 64.9 Å². The van der Waals surface area contributed by atoms with Crippen molar-refractivity contribution in [1.29, 1.82) is 0 Å². The SMILES string of the molecule is CCc1ccc(-c2ccc(C#C[Si](C)(C)C)cc2)cc1C1=C(O)C(C)(C)OC(C)(C)C1=O. The molecule has 1 heterocycles. The van der Waals surface area contributed by atoms with Crippen LogP contribution < -0.4 is 0 Å². The molecule has 0 spiro atoms. The number of hydrogen-bond donors (Lipinski definition) is 1. The fourth-order valence-electron chi connectivity index (χ4n) is 3.99. The molecule has 1 N–H and O–H groups in total. The summed E-state index contributed by atoms with van der Waals surface area (Å²) in [4.78, 5) is 13.3. The number of benzene rings is 2. The zero-order valence-electron chi connectivity index (χ0n) is 20.5. The predicted molar refractivity (Wildman–Crippen MR) is 135 cm³/mol. The lowest BCUT2D eigenvalue weighted by atomic mass is 9.80. The molecule has 0 saturated heterocycles. The standard InChI is InChI=1S/C28H34O3Si/c1-9-20-14-15-22(21-12-10-19(11-13-21)16-17-32(6,7)8)18-23(20)24-25(29)27(2,3)31-28(4,5)26(24)30/h10-15,18,29H,9H2,1-8H3. The first kappa shape index (κ1) is 24.0. The number of hydrogen-bond acceptors (Lipinski definition) is 3. The van der Waals surface area contributed by atoms with Crippen molar-refractivity contribution in [3.8, 4) is 22.6 Å². The van der Waals surface area contributed by atoms with Crippen molar-refractivity contribution in [3.63, 3.8) is 0 Å². The molecule has 1 aliphatic rings. The van der Waals surface area contributed by atoms with Gasteiger partial charge in [-0.15, -0.1) is 5.54 Å². The van der Waals surface area contributed by atoms with Gasteiger partial charge in [0.2, 0.25) is 0 Å². The second kappa shape index (κ2) is 8.39. The summed E-state index contributed by atoms with van der Waals surface area (Å²) in [6, 6.07) is 14.3. The maximum Gasteiger partial charge on any atom is 0.198 e. The van der Waals surface area contributed by atoms with Gasteiger partial charge in [0.05, 0.1) is 5.57 Å². The van der Waals surface area contributed by atoms with Gasteiger partial charge in [-0.1, -0.05) is 56.8 Å². The highest BCUT2D eigenvalue weighted by Crippen LogP contribution is 2.41. The van der Waals surface area contributed by atoms with Crippen LogP contribution in [0.15, 0.2) is 48.2 Å². The van der Waals surface area contributed by atoms with Crippen LogP contribution in [0.1, 0.15) is 51.3 Å². The van der Waals surface area contributed by atoms with E-state index in [9.17, 15) is 9.90 Å². The molecule has 3 rings (SSSR count). The van der Waals surface area contributed by atoms with Crippen LogP contribution >= 0.6 is 0 Å². The van der Waals surface area contributed by atoms with Gasteiger partial charge in [0.15, 0.2) is 5.78 Å². The highest BCUT2D eigenvalue weighted by molar-refractivity contribution is 6.83. The summed E-state index contributed by atoms with van der Waals surface area (Å²) < 4.78 is 5.92. The van der Waals surface area contributed by atoms with Gasteiger partial charge in [-0.25, -0.2) is 0 Å². The van der Waals surface area contributed by atoms with Crippen LogP contribution in [0.25, 0.3) is 16.7 Å². The molecule has 4 heteroatoms. The highest BCUT2D eigenvalue weighted by Gasteiger charge is 2.47. The molecular formula is C28H34O3Si. The lowest BCUT2D eigenvalue weighted by Crippen LogP contribution is -2.49. The molecule has 0 fully saturated rings. The zero-order valence-corrected chi connectivity index (χ0v) is 21.5. The molecule has 2 aromatic rings. The van der Waals surface area contributed by atoms with Crippen LogP contribution in [0.2, 0.25) is 19.6 Å². The Morgan fingerprint density at radius 3 is 2.09 bits per heavy atom. The van der Waals surface area contributed by atoms with Gasteiger partial charge in [-0.3, -0.25) is 4.79 Å². The summed E-state index contributed by atoms with van der Waals surface area (Å²) >= 11 is 0. The van der Waals surface area contributed by atoms with Gasteiger partial charge in [-0.05, 0) is 74.6 Å². The topological polar surface area (TPSA) is 46.5 Å². The number of rotatable bonds is 3. The lowest BCUT2D eigenvalue weighted by Gasteiger charge is -2.40. The summed E-state index contributed by atoms with van der Waals surface area (Å²) in [7, 11) is -1.42. The van der Waals surface area contributed by atoms with Gasteiger partial charge < -0.3 is 9.84 Å². The molecule has 0 aliphatic carbocycles. The Balaban J connectivity index is 2.11. The van der Waals surface area contributed by atoms with Crippen molar-refractivity contribution in [1.82, 2.24) is 0 Å². The molecule has 0 amide bonds. The van der Waals surface area contributed by atoms with Gasteiger partial charge in [0.25, 0.3) is 0 Å². The summed E-state index contributed by atoms with van der Waals surface area (Å²) in [5.41, 5.74) is 6.66. The molecule has 0 bridgehead atoms. The molecule has 32 heavy (non-hydrogen) atoms. The molecule has 3 nitrogen and oxygen atoms in total. The Labute approximate surface area is 193 Å². The molecule has 0 radical (unpaired) electrons. The summed E-state index contributed by atoms with van der Waals surface area (Å²) in [5.74, 6) is 3.08. The lowest BCUT2D eigenvalue weighted by molar-refractivity contribution is -0.158. The first-order valence-electron chi connectivity index (χ1n) is 11.2. The van der Waals surface area contributed by atoms with Crippen LogP contribution in [0.4, 0.5) is 0 Å². The van der Waals surface area contributed by atoms with E-state index in [0.29, 0.717) is 5.57 Å². The maximum atomic E-state index is 13.3. The van der Waals surface area contributed by atoms with Crippen molar-refractivity contribution < 1.29 is 14.6 Å². The largest absolute Gasteiger partial charge is 0.508 e. The molecule has 0 atom stereocenters. The number of aliphatic hydroxyl groups excluding tert-OH is 1. The minimum absolute atomic E-state index is 0.00866. The summed E-state index contributed by atoms with van der Waals surface area (Å²) in [6.07, 6.45) is 0.757. The fourth-order valence-corrected chi connectivity index (χ4v) is 4.51. The van der Waals surface area contributed by atoms with Crippen LogP contribution in [-0.4, -0.2) is 30.2 Å². The first-order chi connectivity index (χ1) is 14.7. The van der Waals surface area contributed by atoms with Gasteiger partial charge in [-0.2, -0.15) is 0 Å². The average molecular weight is 447 g/mol. The third kappa shape index (κ3) is 4.90. The first-order valence-corrected chi connectivity index (χ1v) is 14.7. The molecule has 2 aromatic carbocycles. The van der Waals surface area contributed by atoms with Crippen molar-refractivity contribution in [2.45, 2.75) is 71.9 Å². The zero-order chi connectivity index (χ0) is 23.9. The van der Waals surface area contributed by atoms with Crippen LogP contribution in [0.5, 0.6) is 0 Å². The minimum atomic E-state index is -1.42. The fraction of sp³-hybridized carbons (Fsp3) is 0.393.